The average Bonchev–Trinajstić information content (AvgIpc) is 2.65. The molecule has 118 valence electrons. The lowest BCUT2D eigenvalue weighted by Gasteiger charge is -2.39. The number of fused-ring (bicyclic) bond motifs is 2. The molecule has 4 unspecified atom stereocenters. The maximum atomic E-state index is 11.2. The Hall–Kier alpha value is -0.130. The van der Waals surface area contributed by atoms with E-state index in [1.807, 2.05) is 6.92 Å². The van der Waals surface area contributed by atoms with E-state index < -0.39 is 10.0 Å². The van der Waals surface area contributed by atoms with E-state index in [0.717, 1.165) is 18.8 Å². The van der Waals surface area contributed by atoms with Gasteiger partial charge in [0.1, 0.15) is 0 Å². The van der Waals surface area contributed by atoms with Crippen LogP contribution < -0.4 is 5.14 Å². The van der Waals surface area contributed by atoms with Gasteiger partial charge in [-0.2, -0.15) is 0 Å². The minimum atomic E-state index is -3.41. The molecule has 2 bridgehead atoms. The molecule has 0 radical (unpaired) electrons. The van der Waals surface area contributed by atoms with Gasteiger partial charge in [0.05, 0.1) is 18.5 Å². The van der Waals surface area contributed by atoms with E-state index in [2.05, 4.69) is 20.8 Å². The van der Waals surface area contributed by atoms with Crippen LogP contribution in [0.3, 0.4) is 0 Å². The van der Waals surface area contributed by atoms with E-state index in [1.165, 1.54) is 12.8 Å². The van der Waals surface area contributed by atoms with Gasteiger partial charge in [0.15, 0.2) is 0 Å². The van der Waals surface area contributed by atoms with Gasteiger partial charge < -0.3 is 4.74 Å². The quantitative estimate of drug-likeness (QED) is 0.819. The minimum Gasteiger partial charge on any atom is -0.377 e. The Kier molecular flexibility index (Phi) is 4.27. The Balaban J connectivity index is 1.95. The third-order valence-corrected chi connectivity index (χ3v) is 7.23. The zero-order valence-electron chi connectivity index (χ0n) is 13.2. The number of nitrogens with two attached hydrogens (primary N) is 1. The fraction of sp³-hybridized carbons (Fsp3) is 1.00. The highest BCUT2D eigenvalue weighted by atomic mass is 32.2. The van der Waals surface area contributed by atoms with Crippen molar-refractivity contribution < 1.29 is 13.2 Å². The highest BCUT2D eigenvalue weighted by Crippen LogP contribution is 2.66. The number of hydrogen-bond acceptors (Lipinski definition) is 3. The van der Waals surface area contributed by atoms with Crippen molar-refractivity contribution in [1.29, 1.82) is 0 Å². The second-order valence-corrected chi connectivity index (χ2v) is 9.20. The Morgan fingerprint density at radius 3 is 2.40 bits per heavy atom. The zero-order valence-corrected chi connectivity index (χ0v) is 14.0. The van der Waals surface area contributed by atoms with E-state index in [-0.39, 0.29) is 23.2 Å². The van der Waals surface area contributed by atoms with Crippen molar-refractivity contribution in [1.82, 2.24) is 0 Å². The highest BCUT2D eigenvalue weighted by Gasteiger charge is 2.61. The lowest BCUT2D eigenvalue weighted by atomic mass is 9.70. The Morgan fingerprint density at radius 1 is 1.35 bits per heavy atom. The fourth-order valence-electron chi connectivity index (χ4n) is 4.25. The van der Waals surface area contributed by atoms with E-state index in [1.54, 1.807) is 0 Å². The predicted octanol–water partition coefficient (Wildman–Crippen LogP) is 2.53. The van der Waals surface area contributed by atoms with Crippen molar-refractivity contribution in [3.8, 4) is 0 Å². The summed E-state index contributed by atoms with van der Waals surface area (Å²) >= 11 is 0. The number of primary sulfonamides is 1. The van der Waals surface area contributed by atoms with Crippen LogP contribution in [0.15, 0.2) is 0 Å². The van der Waals surface area contributed by atoms with Gasteiger partial charge >= 0.3 is 0 Å². The van der Waals surface area contributed by atoms with Crippen LogP contribution in [-0.2, 0) is 14.8 Å². The molecule has 2 saturated carbocycles. The van der Waals surface area contributed by atoms with Gasteiger partial charge in [0.25, 0.3) is 0 Å². The van der Waals surface area contributed by atoms with Gasteiger partial charge in [-0.1, -0.05) is 34.1 Å². The Morgan fingerprint density at radius 2 is 2.00 bits per heavy atom. The first-order valence-electron chi connectivity index (χ1n) is 7.72. The van der Waals surface area contributed by atoms with Crippen LogP contribution in [0.1, 0.15) is 53.4 Å². The van der Waals surface area contributed by atoms with Crippen molar-refractivity contribution in [2.75, 3.05) is 12.4 Å². The first-order valence-corrected chi connectivity index (χ1v) is 9.44. The van der Waals surface area contributed by atoms with Gasteiger partial charge in [-0.3, -0.25) is 0 Å². The monoisotopic (exact) mass is 303 g/mol. The van der Waals surface area contributed by atoms with Crippen LogP contribution >= 0.6 is 0 Å². The number of ether oxygens (including phenoxy) is 1. The first kappa shape index (κ1) is 16.2. The second kappa shape index (κ2) is 5.25. The molecule has 2 N–H and O–H groups in total. The summed E-state index contributed by atoms with van der Waals surface area (Å²) in [6.07, 6.45) is 4.70. The topological polar surface area (TPSA) is 69.4 Å². The Bertz CT molecular complexity index is 460. The molecule has 20 heavy (non-hydrogen) atoms. The standard InChI is InChI=1S/C15H29NO3S/c1-5-11(10-20(16,17)18)9-19-13-8-12-6-7-15(13,4)14(12,2)3/h11-13H,5-10H2,1-4H3,(H2,16,17,18). The predicted molar refractivity (Wildman–Crippen MR) is 80.7 cm³/mol. The van der Waals surface area contributed by atoms with E-state index in [0.29, 0.717) is 12.0 Å². The lowest BCUT2D eigenvalue weighted by molar-refractivity contribution is -0.0568. The summed E-state index contributed by atoms with van der Waals surface area (Å²) in [5.41, 5.74) is 0.566. The summed E-state index contributed by atoms with van der Waals surface area (Å²) in [7, 11) is -3.41. The number of sulfonamides is 1. The molecule has 0 heterocycles. The molecule has 2 fully saturated rings. The lowest BCUT2D eigenvalue weighted by Crippen LogP contribution is -2.38. The maximum Gasteiger partial charge on any atom is 0.209 e. The highest BCUT2D eigenvalue weighted by molar-refractivity contribution is 7.89. The van der Waals surface area contributed by atoms with Crippen LogP contribution in [0, 0.1) is 22.7 Å². The summed E-state index contributed by atoms with van der Waals surface area (Å²) in [5.74, 6) is 0.784. The van der Waals surface area contributed by atoms with E-state index in [9.17, 15) is 8.42 Å². The third-order valence-electron chi connectivity index (χ3n) is 6.29. The van der Waals surface area contributed by atoms with Crippen LogP contribution in [0.4, 0.5) is 0 Å². The molecule has 0 amide bonds. The smallest absolute Gasteiger partial charge is 0.209 e. The van der Waals surface area contributed by atoms with Gasteiger partial charge in [0, 0.05) is 0 Å². The zero-order chi connectivity index (χ0) is 15.2. The van der Waals surface area contributed by atoms with Gasteiger partial charge in [0.2, 0.25) is 10.0 Å². The summed E-state index contributed by atoms with van der Waals surface area (Å²) in [6.45, 7) is 9.55. The molecule has 0 aromatic rings. The van der Waals surface area contributed by atoms with Gasteiger partial charge in [-0.25, -0.2) is 13.6 Å². The molecule has 2 aliphatic rings. The molecule has 0 aliphatic heterocycles. The number of rotatable bonds is 6. The largest absolute Gasteiger partial charge is 0.377 e. The second-order valence-electron chi connectivity index (χ2n) is 7.54. The molecule has 2 rings (SSSR count). The van der Waals surface area contributed by atoms with Crippen LogP contribution in [0.2, 0.25) is 0 Å². The summed E-state index contributed by atoms with van der Waals surface area (Å²) in [5, 5.41) is 5.14. The number of hydrogen-bond donors (Lipinski definition) is 1. The first-order chi connectivity index (χ1) is 9.10. The average molecular weight is 303 g/mol. The summed E-state index contributed by atoms with van der Waals surface area (Å²) in [6, 6.07) is 0. The molecular weight excluding hydrogens is 274 g/mol. The van der Waals surface area contributed by atoms with Crippen molar-refractivity contribution in [2.45, 2.75) is 59.5 Å². The molecule has 4 atom stereocenters. The molecule has 0 spiro atoms. The molecule has 0 saturated heterocycles. The Labute approximate surface area is 123 Å². The van der Waals surface area contributed by atoms with Gasteiger partial charge in [-0.05, 0) is 41.9 Å². The van der Waals surface area contributed by atoms with Gasteiger partial charge in [-0.15, -0.1) is 0 Å². The van der Waals surface area contributed by atoms with Crippen LogP contribution in [-0.4, -0.2) is 26.9 Å². The van der Waals surface area contributed by atoms with Crippen LogP contribution in [0.25, 0.3) is 0 Å². The van der Waals surface area contributed by atoms with E-state index in [4.69, 9.17) is 9.88 Å². The fourth-order valence-corrected chi connectivity index (χ4v) is 5.24. The van der Waals surface area contributed by atoms with Crippen molar-refractivity contribution in [2.24, 2.45) is 27.8 Å². The normalized spacial score (nSPS) is 37.2. The van der Waals surface area contributed by atoms with Crippen molar-refractivity contribution in [3.05, 3.63) is 0 Å². The van der Waals surface area contributed by atoms with Crippen molar-refractivity contribution in [3.63, 3.8) is 0 Å². The molecule has 0 aromatic carbocycles. The molecule has 0 aromatic heterocycles. The molecule has 4 nitrogen and oxygen atoms in total. The third kappa shape index (κ3) is 2.77. The molecular formula is C15H29NO3S. The molecule has 2 aliphatic carbocycles. The van der Waals surface area contributed by atoms with Crippen molar-refractivity contribution >= 4 is 10.0 Å². The molecule has 5 heteroatoms. The maximum absolute atomic E-state index is 11.2. The summed E-state index contributed by atoms with van der Waals surface area (Å²) in [4.78, 5) is 0. The SMILES string of the molecule is CCC(COC1CC2CCC1(C)C2(C)C)CS(N)(=O)=O. The summed E-state index contributed by atoms with van der Waals surface area (Å²) < 4.78 is 28.6. The van der Waals surface area contributed by atoms with Crippen LogP contribution in [0.5, 0.6) is 0 Å². The minimum absolute atomic E-state index is 0.0100. The van der Waals surface area contributed by atoms with E-state index >= 15 is 0 Å².